The topological polar surface area (TPSA) is 95.5 Å². The third-order valence-electron chi connectivity index (χ3n) is 2.40. The second kappa shape index (κ2) is 6.63. The van der Waals surface area contributed by atoms with Gasteiger partial charge in [0.1, 0.15) is 21.6 Å². The monoisotopic (exact) mass is 293 g/mol. The summed E-state index contributed by atoms with van der Waals surface area (Å²) in [6.45, 7) is 5.01. The molecule has 0 bridgehead atoms. The third kappa shape index (κ3) is 4.53. The Morgan fingerprint density at radius 1 is 1.30 bits per heavy atom. The normalized spacial score (nSPS) is 11.4. The number of anilines is 1. The summed E-state index contributed by atoms with van der Waals surface area (Å²) in [5, 5.41) is 2.43. The summed E-state index contributed by atoms with van der Waals surface area (Å²) in [6.07, 6.45) is 0. The van der Waals surface area contributed by atoms with Crippen molar-refractivity contribution >= 4 is 21.7 Å². The van der Waals surface area contributed by atoms with Crippen molar-refractivity contribution in [1.82, 2.24) is 0 Å². The molecule has 0 aromatic heterocycles. The van der Waals surface area contributed by atoms with E-state index in [1.165, 1.54) is 19.2 Å². The van der Waals surface area contributed by atoms with E-state index in [0.717, 1.165) is 6.07 Å². The Morgan fingerprint density at radius 2 is 1.85 bits per heavy atom. The van der Waals surface area contributed by atoms with E-state index in [4.69, 9.17) is 4.74 Å². The second-order valence-corrected chi connectivity index (χ2v) is 6.34. The molecule has 1 aromatic carbocycles. The molecular weight excluding hydrogens is 277 g/mol. The average Bonchev–Trinajstić information content (AvgIpc) is 2.26. The first-order chi connectivity index (χ1) is 8.57. The number of amides is 1. The van der Waals surface area contributed by atoms with Gasteiger partial charge in [-0.25, -0.2) is 8.42 Å². The zero-order valence-corrected chi connectivity index (χ0v) is 13.0. The Bertz CT molecular complexity index is 592. The predicted molar refractivity (Wildman–Crippen MR) is 69.0 cm³/mol. The van der Waals surface area contributed by atoms with E-state index in [1.54, 1.807) is 20.8 Å². The van der Waals surface area contributed by atoms with Crippen LogP contribution >= 0.6 is 0 Å². The number of carbonyl (C=O) groups is 1. The van der Waals surface area contributed by atoms with Crippen LogP contribution in [0.25, 0.3) is 0 Å². The first-order valence-corrected chi connectivity index (χ1v) is 6.92. The van der Waals surface area contributed by atoms with Crippen molar-refractivity contribution in [2.24, 2.45) is 5.41 Å². The van der Waals surface area contributed by atoms with E-state index < -0.39 is 26.3 Å². The maximum Gasteiger partial charge on any atom is 1.00 e. The SMILES string of the molecule is COc1cccc(S(=O)(=O)[O-])c1NC(=O)C(C)(C)C.[Li+]. The van der Waals surface area contributed by atoms with Gasteiger partial charge in [-0.1, -0.05) is 26.8 Å². The van der Waals surface area contributed by atoms with Gasteiger partial charge in [0.15, 0.2) is 0 Å². The largest absolute Gasteiger partial charge is 1.00 e. The summed E-state index contributed by atoms with van der Waals surface area (Å²) in [7, 11) is -3.38. The van der Waals surface area contributed by atoms with Crippen molar-refractivity contribution < 1.29 is 41.4 Å². The first kappa shape index (κ1) is 19.0. The summed E-state index contributed by atoms with van der Waals surface area (Å²) in [5.74, 6) is -0.295. The Balaban J connectivity index is 0.00000361. The fourth-order valence-corrected chi connectivity index (χ4v) is 1.96. The van der Waals surface area contributed by atoms with Gasteiger partial charge in [-0.05, 0) is 12.1 Å². The molecular formula is C12H16LiNO5S. The van der Waals surface area contributed by atoms with Crippen LogP contribution in [0, 0.1) is 5.41 Å². The number of para-hydroxylation sites is 1. The summed E-state index contributed by atoms with van der Waals surface area (Å²) in [6, 6.07) is 3.96. The van der Waals surface area contributed by atoms with Crippen molar-refractivity contribution in [3.8, 4) is 5.75 Å². The fraction of sp³-hybridized carbons (Fsp3) is 0.417. The predicted octanol–water partition coefficient (Wildman–Crippen LogP) is -1.41. The number of ether oxygens (including phenoxy) is 1. The van der Waals surface area contributed by atoms with Gasteiger partial charge in [-0.15, -0.1) is 0 Å². The van der Waals surface area contributed by atoms with Gasteiger partial charge in [0.2, 0.25) is 5.91 Å². The van der Waals surface area contributed by atoms with Crippen molar-refractivity contribution in [2.75, 3.05) is 12.4 Å². The number of rotatable bonds is 3. The molecule has 0 spiro atoms. The van der Waals surface area contributed by atoms with Crippen LogP contribution < -0.4 is 28.9 Å². The molecule has 0 unspecified atom stereocenters. The molecule has 0 saturated carbocycles. The van der Waals surface area contributed by atoms with Crippen LogP contribution in [0.4, 0.5) is 5.69 Å². The van der Waals surface area contributed by atoms with Gasteiger partial charge in [0.25, 0.3) is 0 Å². The Hall–Kier alpha value is -1.00. The van der Waals surface area contributed by atoms with Crippen LogP contribution in [0.5, 0.6) is 5.75 Å². The summed E-state index contributed by atoms with van der Waals surface area (Å²) >= 11 is 0. The van der Waals surface area contributed by atoms with Crippen LogP contribution in [0.3, 0.4) is 0 Å². The van der Waals surface area contributed by atoms with Crippen LogP contribution in [0.1, 0.15) is 20.8 Å². The van der Waals surface area contributed by atoms with E-state index in [0.29, 0.717) is 0 Å². The van der Waals surface area contributed by atoms with Gasteiger partial charge >= 0.3 is 18.9 Å². The zero-order chi connectivity index (χ0) is 14.8. The quantitative estimate of drug-likeness (QED) is 0.545. The van der Waals surface area contributed by atoms with E-state index in [9.17, 15) is 17.8 Å². The summed E-state index contributed by atoms with van der Waals surface area (Å²) in [5.41, 5.74) is -0.856. The molecule has 6 nitrogen and oxygen atoms in total. The van der Waals surface area contributed by atoms with Crippen molar-refractivity contribution in [2.45, 2.75) is 25.7 Å². The van der Waals surface area contributed by atoms with Gasteiger partial charge in [0, 0.05) is 5.41 Å². The van der Waals surface area contributed by atoms with Crippen LogP contribution in [-0.2, 0) is 14.9 Å². The number of benzene rings is 1. The van der Waals surface area contributed by atoms with E-state index >= 15 is 0 Å². The minimum absolute atomic E-state index is 0. The maximum absolute atomic E-state index is 11.9. The number of methoxy groups -OCH3 is 1. The Labute approximate surface area is 130 Å². The number of nitrogens with one attached hydrogen (secondary N) is 1. The minimum Gasteiger partial charge on any atom is -0.744 e. The molecule has 0 fully saturated rings. The van der Waals surface area contributed by atoms with Crippen LogP contribution in [0.2, 0.25) is 0 Å². The van der Waals surface area contributed by atoms with E-state index in [2.05, 4.69) is 5.32 Å². The van der Waals surface area contributed by atoms with Crippen molar-refractivity contribution in [3.63, 3.8) is 0 Å². The number of hydrogen-bond acceptors (Lipinski definition) is 5. The molecule has 0 aliphatic carbocycles. The Kier molecular flexibility index (Phi) is 6.30. The van der Waals surface area contributed by atoms with Crippen molar-refractivity contribution in [1.29, 1.82) is 0 Å². The van der Waals surface area contributed by atoms with Gasteiger partial charge in [-0.3, -0.25) is 4.79 Å². The molecule has 0 aliphatic heterocycles. The molecule has 0 saturated heterocycles. The van der Waals surface area contributed by atoms with Gasteiger partial charge < -0.3 is 14.6 Å². The minimum atomic E-state index is -4.70. The summed E-state index contributed by atoms with van der Waals surface area (Å²) in [4.78, 5) is 11.4. The Morgan fingerprint density at radius 3 is 2.25 bits per heavy atom. The molecule has 0 aliphatic rings. The maximum atomic E-state index is 11.9. The zero-order valence-electron chi connectivity index (χ0n) is 12.2. The molecule has 20 heavy (non-hydrogen) atoms. The molecule has 1 N–H and O–H groups in total. The smallest absolute Gasteiger partial charge is 0.744 e. The first-order valence-electron chi connectivity index (χ1n) is 5.51. The van der Waals surface area contributed by atoms with E-state index in [1.807, 2.05) is 0 Å². The molecule has 0 radical (unpaired) electrons. The van der Waals surface area contributed by atoms with E-state index in [-0.39, 0.29) is 30.3 Å². The van der Waals surface area contributed by atoms with Crippen molar-refractivity contribution in [3.05, 3.63) is 18.2 Å². The number of carbonyl (C=O) groups excluding carboxylic acids is 1. The standard InChI is InChI=1S/C12H17NO5S.Li/c1-12(2,3)11(14)13-10-8(18-4)6-5-7-9(10)19(15,16)17;/h5-7H,1-4H3,(H,13,14)(H,15,16,17);/q;+1/p-1. The average molecular weight is 293 g/mol. The third-order valence-corrected chi connectivity index (χ3v) is 3.28. The molecule has 0 heterocycles. The van der Waals surface area contributed by atoms with Gasteiger partial charge in [0.05, 0.1) is 12.0 Å². The number of hydrogen-bond donors (Lipinski definition) is 1. The van der Waals surface area contributed by atoms with Gasteiger partial charge in [-0.2, -0.15) is 0 Å². The molecule has 0 atom stereocenters. The molecule has 8 heteroatoms. The molecule has 1 aromatic rings. The van der Waals surface area contributed by atoms with Crippen LogP contribution in [0.15, 0.2) is 23.1 Å². The summed E-state index contributed by atoms with van der Waals surface area (Å²) < 4.78 is 38.5. The molecule has 1 rings (SSSR count). The molecule has 106 valence electrons. The fourth-order valence-electron chi connectivity index (χ4n) is 1.31. The second-order valence-electron chi connectivity index (χ2n) is 4.99. The van der Waals surface area contributed by atoms with Crippen LogP contribution in [-0.4, -0.2) is 26.0 Å². The molecule has 1 amide bonds.